The molecule has 2 heterocycles. The number of pyridine rings is 1. The van der Waals surface area contributed by atoms with E-state index in [-0.39, 0.29) is 21.8 Å². The van der Waals surface area contributed by atoms with Crippen LogP contribution in [-0.4, -0.2) is 32.2 Å². The van der Waals surface area contributed by atoms with Crippen LogP contribution in [0.25, 0.3) is 11.3 Å². The highest BCUT2D eigenvalue weighted by Gasteiger charge is 2.15. The molecule has 1 aromatic carbocycles. The number of nitrogens with zero attached hydrogens (tertiary/aromatic N) is 3. The van der Waals surface area contributed by atoms with Gasteiger partial charge in [-0.25, -0.2) is 24.0 Å². The molecule has 3 aromatic rings. The van der Waals surface area contributed by atoms with Crippen molar-refractivity contribution in [2.75, 3.05) is 11.8 Å². The Morgan fingerprint density at radius 1 is 1.07 bits per heavy atom. The summed E-state index contributed by atoms with van der Waals surface area (Å²) in [6.07, 6.45) is 0. The highest BCUT2D eigenvalue weighted by molar-refractivity contribution is 7.86. The number of methoxy groups -OCH3 is 1. The monoisotopic (exact) mass is 416 g/mol. The Morgan fingerprint density at radius 2 is 1.75 bits per heavy atom. The maximum atomic E-state index is 12.6. The van der Waals surface area contributed by atoms with Gasteiger partial charge in [-0.1, -0.05) is 35.9 Å². The number of hydrogen-bond donors (Lipinski definition) is 1. The van der Waals surface area contributed by atoms with Crippen LogP contribution in [0.3, 0.4) is 0 Å². The first kappa shape index (κ1) is 19.9. The van der Waals surface area contributed by atoms with E-state index in [1.807, 2.05) is 32.0 Å². The number of esters is 1. The van der Waals surface area contributed by atoms with Crippen LogP contribution in [0.2, 0.25) is 5.15 Å². The molecule has 1 unspecified atom stereocenters. The molecule has 0 saturated heterocycles. The van der Waals surface area contributed by atoms with Gasteiger partial charge in [0.1, 0.15) is 15.9 Å². The number of aryl methyl sites for hydroxylation is 2. The largest absolute Gasteiger partial charge is 0.464 e. The van der Waals surface area contributed by atoms with E-state index in [4.69, 9.17) is 11.6 Å². The summed E-state index contributed by atoms with van der Waals surface area (Å²) in [4.78, 5) is 24.2. The lowest BCUT2D eigenvalue weighted by molar-refractivity contribution is 0.0593. The molecule has 7 nitrogen and oxygen atoms in total. The molecule has 2 aromatic heterocycles. The number of ether oxygens (including phenoxy) is 1. The summed E-state index contributed by atoms with van der Waals surface area (Å²) < 4.78 is 19.9. The quantitative estimate of drug-likeness (QED) is 0.503. The molecule has 28 heavy (non-hydrogen) atoms. The lowest BCUT2D eigenvalue weighted by atomic mass is 10.00. The molecule has 0 aliphatic carbocycles. The first-order chi connectivity index (χ1) is 13.4. The number of carbonyl (C=O) groups excluding carboxylic acids is 1. The molecule has 0 radical (unpaired) electrons. The van der Waals surface area contributed by atoms with E-state index in [0.29, 0.717) is 5.69 Å². The predicted molar refractivity (Wildman–Crippen MR) is 108 cm³/mol. The summed E-state index contributed by atoms with van der Waals surface area (Å²) in [6, 6.07) is 12.1. The normalized spacial score (nSPS) is 11.7. The Bertz CT molecular complexity index is 1050. The van der Waals surface area contributed by atoms with E-state index in [0.717, 1.165) is 16.7 Å². The van der Waals surface area contributed by atoms with Gasteiger partial charge in [-0.2, -0.15) is 0 Å². The van der Waals surface area contributed by atoms with Crippen molar-refractivity contribution in [3.8, 4) is 11.3 Å². The zero-order valence-corrected chi connectivity index (χ0v) is 17.0. The first-order valence-corrected chi connectivity index (χ1v) is 9.77. The number of anilines is 1. The smallest absolute Gasteiger partial charge is 0.356 e. The molecule has 0 spiro atoms. The van der Waals surface area contributed by atoms with Crippen molar-refractivity contribution >= 4 is 34.5 Å². The fraction of sp³-hybridized carbons (Fsp3) is 0.158. The maximum Gasteiger partial charge on any atom is 0.356 e. The van der Waals surface area contributed by atoms with Gasteiger partial charge in [-0.05, 0) is 37.1 Å². The van der Waals surface area contributed by atoms with Crippen LogP contribution in [-0.2, 0) is 15.7 Å². The van der Waals surface area contributed by atoms with Crippen molar-refractivity contribution in [2.45, 2.75) is 18.9 Å². The molecule has 0 fully saturated rings. The minimum atomic E-state index is -1.80. The van der Waals surface area contributed by atoms with Gasteiger partial charge in [0, 0.05) is 11.6 Å². The van der Waals surface area contributed by atoms with E-state index in [9.17, 15) is 9.00 Å². The van der Waals surface area contributed by atoms with Gasteiger partial charge in [-0.15, -0.1) is 0 Å². The maximum absolute atomic E-state index is 12.6. The second-order valence-corrected chi connectivity index (χ2v) is 7.44. The zero-order chi connectivity index (χ0) is 20.3. The highest BCUT2D eigenvalue weighted by atomic mass is 35.5. The first-order valence-electron chi connectivity index (χ1n) is 8.24. The third-order valence-corrected chi connectivity index (χ3v) is 5.09. The lowest BCUT2D eigenvalue weighted by Crippen LogP contribution is -2.12. The number of hydrogen-bond acceptors (Lipinski definition) is 6. The Hall–Kier alpha value is -2.84. The van der Waals surface area contributed by atoms with Crippen LogP contribution in [0.1, 0.15) is 21.6 Å². The van der Waals surface area contributed by atoms with E-state index < -0.39 is 17.0 Å². The van der Waals surface area contributed by atoms with Gasteiger partial charge in [0.05, 0.1) is 12.8 Å². The Kier molecular flexibility index (Phi) is 6.01. The number of rotatable bonds is 5. The Balaban J connectivity index is 1.92. The van der Waals surface area contributed by atoms with E-state index >= 15 is 0 Å². The van der Waals surface area contributed by atoms with Crippen LogP contribution in [0.15, 0.2) is 47.5 Å². The lowest BCUT2D eigenvalue weighted by Gasteiger charge is -2.11. The zero-order valence-electron chi connectivity index (χ0n) is 15.4. The van der Waals surface area contributed by atoms with Crippen molar-refractivity contribution in [3.63, 3.8) is 0 Å². The van der Waals surface area contributed by atoms with Gasteiger partial charge in [0.25, 0.3) is 0 Å². The predicted octanol–water partition coefficient (Wildman–Crippen LogP) is 3.73. The average molecular weight is 417 g/mol. The summed E-state index contributed by atoms with van der Waals surface area (Å²) in [5.74, 6) is -0.524. The molecule has 9 heteroatoms. The molecular formula is C19H17ClN4O3S. The third-order valence-electron chi connectivity index (χ3n) is 3.92. The van der Waals surface area contributed by atoms with Gasteiger partial charge in [-0.3, -0.25) is 4.72 Å². The second kappa shape index (κ2) is 8.45. The molecule has 0 saturated carbocycles. The van der Waals surface area contributed by atoms with Crippen molar-refractivity contribution < 1.29 is 13.7 Å². The topological polar surface area (TPSA) is 94.1 Å². The summed E-state index contributed by atoms with van der Waals surface area (Å²) in [7, 11) is -0.549. The highest BCUT2D eigenvalue weighted by Crippen LogP contribution is 2.28. The average Bonchev–Trinajstić information content (AvgIpc) is 2.67. The molecule has 1 N–H and O–H groups in total. The number of benzene rings is 1. The molecule has 1 atom stereocenters. The van der Waals surface area contributed by atoms with Crippen LogP contribution >= 0.6 is 11.6 Å². The van der Waals surface area contributed by atoms with Crippen LogP contribution in [0.4, 0.5) is 5.95 Å². The molecule has 0 amide bonds. The van der Waals surface area contributed by atoms with Crippen molar-refractivity contribution in [3.05, 3.63) is 64.4 Å². The number of carbonyl (C=O) groups is 1. The molecular weight excluding hydrogens is 400 g/mol. The SMILES string of the molecule is COC(=O)c1cccc(S(=O)Nc2nc(Cl)cc(-c3c(C)cccc3C)n2)n1. The van der Waals surface area contributed by atoms with Gasteiger partial charge < -0.3 is 4.74 Å². The standard InChI is InChI=1S/C19H17ClN4O3S/c1-11-6-4-7-12(2)17(11)14-10-15(20)23-19(22-14)24-28(26)16-9-5-8-13(21-16)18(25)27-3/h4-10H,1-3H3,(H,22,23,24). The summed E-state index contributed by atoms with van der Waals surface area (Å²) >= 11 is 6.15. The second-order valence-electron chi connectivity index (χ2n) is 5.89. The minimum Gasteiger partial charge on any atom is -0.464 e. The van der Waals surface area contributed by atoms with E-state index in [2.05, 4.69) is 24.4 Å². The molecule has 3 rings (SSSR count). The molecule has 0 bridgehead atoms. The van der Waals surface area contributed by atoms with Crippen LogP contribution in [0.5, 0.6) is 0 Å². The molecule has 0 aliphatic rings. The van der Waals surface area contributed by atoms with Gasteiger partial charge >= 0.3 is 5.97 Å². The fourth-order valence-corrected chi connectivity index (χ4v) is 3.61. The minimum absolute atomic E-state index is 0.0541. The van der Waals surface area contributed by atoms with E-state index in [1.54, 1.807) is 12.1 Å². The van der Waals surface area contributed by atoms with Gasteiger partial charge in [0.2, 0.25) is 5.95 Å². The van der Waals surface area contributed by atoms with Crippen molar-refractivity contribution in [1.29, 1.82) is 0 Å². The van der Waals surface area contributed by atoms with Gasteiger partial charge in [0.15, 0.2) is 11.0 Å². The van der Waals surface area contributed by atoms with Crippen molar-refractivity contribution in [1.82, 2.24) is 15.0 Å². The fourth-order valence-electron chi connectivity index (χ4n) is 2.68. The number of aromatic nitrogens is 3. The number of halogens is 1. The van der Waals surface area contributed by atoms with E-state index in [1.165, 1.54) is 19.2 Å². The molecule has 0 aliphatic heterocycles. The summed E-state index contributed by atoms with van der Waals surface area (Å²) in [5, 5.41) is 0.350. The Morgan fingerprint density at radius 3 is 2.43 bits per heavy atom. The summed E-state index contributed by atoms with van der Waals surface area (Å²) in [5.41, 5.74) is 3.68. The van der Waals surface area contributed by atoms with Crippen LogP contribution in [0, 0.1) is 13.8 Å². The number of nitrogens with one attached hydrogen (secondary N) is 1. The van der Waals surface area contributed by atoms with Crippen molar-refractivity contribution in [2.24, 2.45) is 0 Å². The third kappa shape index (κ3) is 4.35. The van der Waals surface area contributed by atoms with Crippen LogP contribution < -0.4 is 4.72 Å². The summed E-state index contributed by atoms with van der Waals surface area (Å²) in [6.45, 7) is 3.96. The Labute approximate surface area is 169 Å². The molecule has 144 valence electrons.